The number of pyridine rings is 1. The Hall–Kier alpha value is -1.62. The highest BCUT2D eigenvalue weighted by atomic mass is 16.5. The zero-order valence-corrected chi connectivity index (χ0v) is 12.0. The second-order valence-corrected chi connectivity index (χ2v) is 5.63. The number of nitrogens with zero attached hydrogens (tertiary/aromatic N) is 3. The molecule has 1 aromatic rings. The van der Waals surface area contributed by atoms with Gasteiger partial charge in [0, 0.05) is 38.9 Å². The van der Waals surface area contributed by atoms with Gasteiger partial charge in [-0.05, 0) is 26.0 Å². The molecule has 1 saturated heterocycles. The first-order valence-corrected chi connectivity index (χ1v) is 6.46. The van der Waals surface area contributed by atoms with E-state index in [-0.39, 0.29) is 11.5 Å². The third-order valence-corrected chi connectivity index (χ3v) is 3.16. The predicted octanol–water partition coefficient (Wildman–Crippen LogP) is 1.40. The zero-order chi connectivity index (χ0) is 14.0. The molecule has 2 heterocycles. The van der Waals surface area contributed by atoms with Crippen LogP contribution in [0.15, 0.2) is 18.3 Å². The summed E-state index contributed by atoms with van der Waals surface area (Å²) < 4.78 is 5.63. The molecular weight excluding hydrogens is 242 g/mol. The fraction of sp³-hybridized carbons (Fsp3) is 0.571. The van der Waals surface area contributed by atoms with Gasteiger partial charge in [0.1, 0.15) is 5.82 Å². The maximum atomic E-state index is 12.5. The van der Waals surface area contributed by atoms with Crippen molar-refractivity contribution < 1.29 is 9.53 Å². The number of hydrogen-bond donors (Lipinski definition) is 0. The van der Waals surface area contributed by atoms with Crippen molar-refractivity contribution in [1.29, 1.82) is 0 Å². The first-order valence-electron chi connectivity index (χ1n) is 6.46. The Labute approximate surface area is 114 Å². The summed E-state index contributed by atoms with van der Waals surface area (Å²) >= 11 is 0. The van der Waals surface area contributed by atoms with Crippen molar-refractivity contribution in [2.45, 2.75) is 19.4 Å². The number of amides is 1. The highest BCUT2D eigenvalue weighted by Gasteiger charge is 2.30. The second-order valence-electron chi connectivity index (χ2n) is 5.63. The molecule has 0 unspecified atom stereocenters. The minimum Gasteiger partial charge on any atom is -0.372 e. The molecule has 0 N–H and O–H groups in total. The number of carbonyl (C=O) groups is 1. The molecule has 5 heteroatoms. The highest BCUT2D eigenvalue weighted by molar-refractivity contribution is 5.95. The summed E-state index contributed by atoms with van der Waals surface area (Å²) in [5.41, 5.74) is 0.405. The largest absolute Gasteiger partial charge is 0.372 e. The fourth-order valence-electron chi connectivity index (χ4n) is 2.17. The van der Waals surface area contributed by atoms with Gasteiger partial charge in [0.2, 0.25) is 0 Å². The van der Waals surface area contributed by atoms with Gasteiger partial charge in [-0.15, -0.1) is 0 Å². The molecule has 0 spiro atoms. The summed E-state index contributed by atoms with van der Waals surface area (Å²) in [6.07, 6.45) is 1.67. The number of hydrogen-bond acceptors (Lipinski definition) is 4. The monoisotopic (exact) mass is 263 g/mol. The van der Waals surface area contributed by atoms with E-state index in [4.69, 9.17) is 4.74 Å². The molecule has 1 fully saturated rings. The van der Waals surface area contributed by atoms with Crippen LogP contribution in [0.25, 0.3) is 0 Å². The van der Waals surface area contributed by atoms with Crippen molar-refractivity contribution in [2.75, 3.05) is 38.7 Å². The van der Waals surface area contributed by atoms with E-state index in [1.54, 1.807) is 12.3 Å². The van der Waals surface area contributed by atoms with E-state index in [2.05, 4.69) is 4.98 Å². The third kappa shape index (κ3) is 3.23. The van der Waals surface area contributed by atoms with Crippen LogP contribution < -0.4 is 4.90 Å². The topological polar surface area (TPSA) is 45.7 Å². The van der Waals surface area contributed by atoms with Gasteiger partial charge in [-0.1, -0.05) is 0 Å². The number of anilines is 1. The molecule has 0 aliphatic carbocycles. The van der Waals surface area contributed by atoms with Crippen LogP contribution in [-0.4, -0.2) is 55.2 Å². The number of rotatable bonds is 2. The average molecular weight is 263 g/mol. The molecule has 0 bridgehead atoms. The van der Waals surface area contributed by atoms with Gasteiger partial charge in [-0.2, -0.15) is 0 Å². The van der Waals surface area contributed by atoms with E-state index in [9.17, 15) is 4.79 Å². The third-order valence-electron chi connectivity index (χ3n) is 3.16. The van der Waals surface area contributed by atoms with E-state index >= 15 is 0 Å². The predicted molar refractivity (Wildman–Crippen MR) is 74.5 cm³/mol. The SMILES string of the molecule is CN(C)c1cc(C(=O)N2CCOC(C)(C)C2)ccn1. The Morgan fingerprint density at radius 2 is 2.21 bits per heavy atom. The summed E-state index contributed by atoms with van der Waals surface area (Å²) in [4.78, 5) is 20.4. The van der Waals surface area contributed by atoms with Crippen molar-refractivity contribution in [1.82, 2.24) is 9.88 Å². The lowest BCUT2D eigenvalue weighted by atomic mass is 10.1. The van der Waals surface area contributed by atoms with Gasteiger partial charge in [0.25, 0.3) is 5.91 Å². The molecule has 1 aliphatic rings. The quantitative estimate of drug-likeness (QED) is 0.809. The van der Waals surface area contributed by atoms with E-state index in [0.29, 0.717) is 25.3 Å². The standard InChI is InChI=1S/C14H21N3O2/c1-14(2)10-17(7-8-19-14)13(18)11-5-6-15-12(9-11)16(3)4/h5-6,9H,7-8,10H2,1-4H3. The van der Waals surface area contributed by atoms with Crippen LogP contribution in [0.2, 0.25) is 0 Å². The molecule has 0 atom stereocenters. The molecular formula is C14H21N3O2. The number of ether oxygens (including phenoxy) is 1. The molecule has 1 amide bonds. The molecule has 19 heavy (non-hydrogen) atoms. The van der Waals surface area contributed by atoms with E-state index in [1.807, 2.05) is 43.8 Å². The molecule has 0 radical (unpaired) electrons. The smallest absolute Gasteiger partial charge is 0.254 e. The Kier molecular flexibility index (Phi) is 3.75. The summed E-state index contributed by atoms with van der Waals surface area (Å²) in [5, 5.41) is 0. The Bertz CT molecular complexity index is 472. The molecule has 0 aromatic carbocycles. The van der Waals surface area contributed by atoms with Gasteiger partial charge in [-0.25, -0.2) is 4.98 Å². The van der Waals surface area contributed by atoms with E-state index in [1.165, 1.54) is 0 Å². The van der Waals surface area contributed by atoms with Crippen LogP contribution >= 0.6 is 0 Å². The molecule has 0 saturated carbocycles. The average Bonchev–Trinajstić information content (AvgIpc) is 2.37. The zero-order valence-electron chi connectivity index (χ0n) is 12.0. The summed E-state index contributed by atoms with van der Waals surface area (Å²) in [6, 6.07) is 3.59. The normalized spacial score (nSPS) is 18.2. The van der Waals surface area contributed by atoms with Gasteiger partial charge in [-0.3, -0.25) is 4.79 Å². The van der Waals surface area contributed by atoms with Crippen molar-refractivity contribution in [3.63, 3.8) is 0 Å². The van der Waals surface area contributed by atoms with Crippen LogP contribution in [0.4, 0.5) is 5.82 Å². The maximum absolute atomic E-state index is 12.5. The van der Waals surface area contributed by atoms with E-state index in [0.717, 1.165) is 5.82 Å². The molecule has 1 aromatic heterocycles. The van der Waals surface area contributed by atoms with Gasteiger partial charge in [0.15, 0.2) is 0 Å². The van der Waals surface area contributed by atoms with Crippen LogP contribution in [0.3, 0.4) is 0 Å². The molecule has 104 valence electrons. The maximum Gasteiger partial charge on any atom is 0.254 e. The highest BCUT2D eigenvalue weighted by Crippen LogP contribution is 2.19. The lowest BCUT2D eigenvalue weighted by Gasteiger charge is -2.38. The van der Waals surface area contributed by atoms with Crippen LogP contribution in [0, 0.1) is 0 Å². The first-order chi connectivity index (χ1) is 8.89. The summed E-state index contributed by atoms with van der Waals surface area (Å²) in [6.45, 7) is 5.85. The number of morpholine rings is 1. The van der Waals surface area contributed by atoms with Crippen molar-refractivity contribution in [3.8, 4) is 0 Å². The first kappa shape index (κ1) is 13.8. The van der Waals surface area contributed by atoms with Crippen molar-refractivity contribution in [2.24, 2.45) is 0 Å². The van der Waals surface area contributed by atoms with Crippen molar-refractivity contribution in [3.05, 3.63) is 23.9 Å². The lowest BCUT2D eigenvalue weighted by Crippen LogP contribution is -2.50. The minimum absolute atomic E-state index is 0.0434. The van der Waals surface area contributed by atoms with Gasteiger partial charge in [0.05, 0.1) is 12.2 Å². The van der Waals surface area contributed by atoms with Gasteiger partial charge >= 0.3 is 0 Å². The van der Waals surface area contributed by atoms with Crippen LogP contribution in [0.1, 0.15) is 24.2 Å². The van der Waals surface area contributed by atoms with E-state index < -0.39 is 0 Å². The fourth-order valence-corrected chi connectivity index (χ4v) is 2.17. The summed E-state index contributed by atoms with van der Waals surface area (Å²) in [7, 11) is 3.82. The van der Waals surface area contributed by atoms with Gasteiger partial charge < -0.3 is 14.5 Å². The Balaban J connectivity index is 2.17. The Morgan fingerprint density at radius 1 is 1.47 bits per heavy atom. The van der Waals surface area contributed by atoms with Crippen LogP contribution in [-0.2, 0) is 4.74 Å². The molecule has 2 rings (SSSR count). The lowest BCUT2D eigenvalue weighted by molar-refractivity contribution is -0.0764. The number of carbonyl (C=O) groups excluding carboxylic acids is 1. The van der Waals surface area contributed by atoms with Crippen LogP contribution in [0.5, 0.6) is 0 Å². The number of aromatic nitrogens is 1. The second kappa shape index (κ2) is 5.17. The molecule has 1 aliphatic heterocycles. The minimum atomic E-state index is -0.273. The van der Waals surface area contributed by atoms with Crippen molar-refractivity contribution >= 4 is 11.7 Å². The summed E-state index contributed by atoms with van der Waals surface area (Å²) in [5.74, 6) is 0.834. The Morgan fingerprint density at radius 3 is 2.84 bits per heavy atom. The molecule has 5 nitrogen and oxygen atoms in total.